The van der Waals surface area contributed by atoms with Gasteiger partial charge in [-0.2, -0.15) is 0 Å². The van der Waals surface area contributed by atoms with Gasteiger partial charge in [0.25, 0.3) is 8.68 Å². The zero-order valence-electron chi connectivity index (χ0n) is 16.1. The first-order valence-electron chi connectivity index (χ1n) is 8.82. The molecule has 3 atom stereocenters. The molecule has 0 bridgehead atoms. The minimum absolute atomic E-state index is 0.316. The van der Waals surface area contributed by atoms with Crippen LogP contribution in [0.4, 0.5) is 0 Å². The molecule has 1 aliphatic heterocycles. The predicted octanol–water partition coefficient (Wildman–Crippen LogP) is 2.16. The molecular formula is C14H34O6Si4. The molecule has 1 aliphatic rings. The van der Waals surface area contributed by atoms with E-state index in [-0.39, 0.29) is 0 Å². The molecule has 1 fully saturated rings. The second kappa shape index (κ2) is 10.6. The van der Waals surface area contributed by atoms with Crippen molar-refractivity contribution in [1.29, 1.82) is 0 Å². The fraction of sp³-hybridized carbons (Fsp3) is 1.00. The van der Waals surface area contributed by atoms with Gasteiger partial charge in [-0.05, 0) is 38.7 Å². The number of epoxide rings is 1. The van der Waals surface area contributed by atoms with Gasteiger partial charge in [-0.1, -0.05) is 6.92 Å². The largest absolute Gasteiger partial charge is 0.439 e. The number of hydrogen-bond donors (Lipinski definition) is 0. The predicted molar refractivity (Wildman–Crippen MR) is 103 cm³/mol. The molecule has 0 amide bonds. The Bertz CT molecular complexity index is 393. The Morgan fingerprint density at radius 2 is 1.96 bits per heavy atom. The van der Waals surface area contributed by atoms with Crippen molar-refractivity contribution >= 4 is 33.6 Å². The van der Waals surface area contributed by atoms with Gasteiger partial charge in [0, 0.05) is 26.0 Å². The van der Waals surface area contributed by atoms with E-state index >= 15 is 0 Å². The minimum Gasteiger partial charge on any atom is -0.439 e. The van der Waals surface area contributed by atoms with E-state index in [4.69, 9.17) is 22.4 Å². The standard InChI is InChI=1S/C14H34O6Si4/c1-7-22(15)13-21(3)20-24(6,16-2)23(4,5)19-10-8-9-17-11-14-12-18-14/h14,21H,7-13H2,1-6H3. The highest BCUT2D eigenvalue weighted by Crippen LogP contribution is 2.24. The number of hydrogen-bond acceptors (Lipinski definition) is 6. The molecule has 24 heavy (non-hydrogen) atoms. The van der Waals surface area contributed by atoms with Crippen LogP contribution in [0.25, 0.3) is 0 Å². The second-order valence-corrected chi connectivity index (χ2v) is 24.8. The van der Waals surface area contributed by atoms with Crippen molar-refractivity contribution in [3.8, 4) is 0 Å². The summed E-state index contributed by atoms with van der Waals surface area (Å²) in [6.07, 6.45) is 1.18. The van der Waals surface area contributed by atoms with Crippen LogP contribution in [0.15, 0.2) is 0 Å². The van der Waals surface area contributed by atoms with Crippen LogP contribution >= 0.6 is 0 Å². The molecule has 0 saturated carbocycles. The van der Waals surface area contributed by atoms with Gasteiger partial charge in [-0.25, -0.2) is 0 Å². The fourth-order valence-corrected chi connectivity index (χ4v) is 20.1. The maximum Gasteiger partial charge on any atom is 0.335 e. The van der Waals surface area contributed by atoms with Crippen LogP contribution in [0.1, 0.15) is 13.3 Å². The van der Waals surface area contributed by atoms with Crippen molar-refractivity contribution in [2.45, 2.75) is 57.3 Å². The zero-order valence-corrected chi connectivity index (χ0v) is 20.2. The first kappa shape index (κ1) is 22.5. The molecule has 1 saturated heterocycles. The third-order valence-corrected chi connectivity index (χ3v) is 25.3. The smallest absolute Gasteiger partial charge is 0.335 e. The van der Waals surface area contributed by atoms with E-state index in [1.807, 2.05) is 6.92 Å². The highest BCUT2D eigenvalue weighted by Gasteiger charge is 2.52. The summed E-state index contributed by atoms with van der Waals surface area (Å²) in [6.45, 7) is 13.4. The van der Waals surface area contributed by atoms with Gasteiger partial charge in [-0.3, -0.25) is 0 Å². The van der Waals surface area contributed by atoms with Crippen LogP contribution in [-0.4, -0.2) is 73.3 Å². The summed E-state index contributed by atoms with van der Waals surface area (Å²) < 4.78 is 41.0. The molecule has 0 spiro atoms. The summed E-state index contributed by atoms with van der Waals surface area (Å²) in [5.74, 6) is 0. The molecule has 1 rings (SSSR count). The minimum atomic E-state index is -2.38. The molecule has 0 N–H and O–H groups in total. The highest BCUT2D eigenvalue weighted by atomic mass is 29.3. The van der Waals surface area contributed by atoms with Gasteiger partial charge in [0.2, 0.25) is 7.83 Å². The molecule has 0 aromatic carbocycles. The lowest BCUT2D eigenvalue weighted by Crippen LogP contribution is -2.64. The molecule has 10 heteroatoms. The molecule has 6 nitrogen and oxygen atoms in total. The fourth-order valence-electron chi connectivity index (χ4n) is 2.32. The average molecular weight is 411 g/mol. The van der Waals surface area contributed by atoms with Crippen molar-refractivity contribution in [2.24, 2.45) is 0 Å². The van der Waals surface area contributed by atoms with E-state index in [9.17, 15) is 4.46 Å². The third-order valence-electron chi connectivity index (χ3n) is 4.42. The lowest BCUT2D eigenvalue weighted by atomic mass is 10.5. The third kappa shape index (κ3) is 7.79. The molecule has 3 unspecified atom stereocenters. The van der Waals surface area contributed by atoms with Crippen LogP contribution in [0.3, 0.4) is 0 Å². The Kier molecular flexibility index (Phi) is 9.92. The Labute approximate surface area is 151 Å². The van der Waals surface area contributed by atoms with Crippen LogP contribution in [0, 0.1) is 0 Å². The summed E-state index contributed by atoms with van der Waals surface area (Å²) in [5.41, 5.74) is 0.759. The lowest BCUT2D eigenvalue weighted by Gasteiger charge is -2.39. The lowest BCUT2D eigenvalue weighted by molar-refractivity contribution is 0.103. The zero-order chi connectivity index (χ0) is 18.2. The monoisotopic (exact) mass is 410 g/mol. The van der Waals surface area contributed by atoms with Gasteiger partial charge in [0.05, 0.1) is 13.2 Å². The summed E-state index contributed by atoms with van der Waals surface area (Å²) >= 11 is 0. The maximum absolute atomic E-state index is 11.8. The van der Waals surface area contributed by atoms with Gasteiger partial charge < -0.3 is 26.9 Å². The molecular weight excluding hydrogens is 376 g/mol. The Hall–Kier alpha value is 0.468. The Balaban J connectivity index is 2.38. The first-order valence-corrected chi connectivity index (χ1v) is 19.3. The summed E-state index contributed by atoms with van der Waals surface area (Å²) in [5, 5.41) is 0. The SMILES string of the molecule is CC[Si](=O)C[SiH](C)O[Si](C)(OC)[Si](C)(C)OCCCOCC1CO1. The average Bonchev–Trinajstić information content (AvgIpc) is 3.34. The van der Waals surface area contributed by atoms with E-state index in [0.29, 0.717) is 25.9 Å². The van der Waals surface area contributed by atoms with Crippen LogP contribution < -0.4 is 0 Å². The van der Waals surface area contributed by atoms with Crippen LogP contribution in [0.5, 0.6) is 0 Å². The Morgan fingerprint density at radius 1 is 1.29 bits per heavy atom. The van der Waals surface area contributed by atoms with Crippen molar-refractivity contribution in [1.82, 2.24) is 0 Å². The molecule has 0 aliphatic carbocycles. The van der Waals surface area contributed by atoms with Crippen molar-refractivity contribution in [3.05, 3.63) is 0 Å². The quantitative estimate of drug-likeness (QED) is 0.248. The van der Waals surface area contributed by atoms with E-state index < -0.39 is 33.6 Å². The highest BCUT2D eigenvalue weighted by molar-refractivity contribution is 7.34. The Morgan fingerprint density at radius 3 is 2.50 bits per heavy atom. The van der Waals surface area contributed by atoms with E-state index in [1.165, 1.54) is 0 Å². The number of rotatable bonds is 14. The van der Waals surface area contributed by atoms with E-state index in [1.54, 1.807) is 7.11 Å². The molecule has 1 heterocycles. The van der Waals surface area contributed by atoms with Gasteiger partial charge in [0.15, 0.2) is 9.04 Å². The molecule has 142 valence electrons. The number of ether oxygens (including phenoxy) is 2. The van der Waals surface area contributed by atoms with Gasteiger partial charge in [-0.15, -0.1) is 0 Å². The molecule has 0 radical (unpaired) electrons. The van der Waals surface area contributed by atoms with Crippen LogP contribution in [0.2, 0.25) is 37.9 Å². The van der Waals surface area contributed by atoms with Gasteiger partial charge in [0.1, 0.15) is 6.10 Å². The van der Waals surface area contributed by atoms with Crippen molar-refractivity contribution in [3.63, 3.8) is 0 Å². The summed E-state index contributed by atoms with van der Waals surface area (Å²) in [6, 6.07) is 0.764. The van der Waals surface area contributed by atoms with Crippen molar-refractivity contribution in [2.75, 3.05) is 33.5 Å². The summed E-state index contributed by atoms with van der Waals surface area (Å²) in [4.78, 5) is 0. The van der Waals surface area contributed by atoms with Gasteiger partial charge >= 0.3 is 8.08 Å². The summed E-state index contributed by atoms with van der Waals surface area (Å²) in [7, 11) is -5.71. The topological polar surface area (TPSA) is 66.5 Å². The van der Waals surface area contributed by atoms with E-state index in [0.717, 1.165) is 24.7 Å². The normalized spacial score (nSPS) is 21.3. The second-order valence-electron chi connectivity index (χ2n) is 6.92. The maximum atomic E-state index is 11.8. The van der Waals surface area contributed by atoms with Crippen LogP contribution in [-0.2, 0) is 26.9 Å². The molecule has 0 aromatic heterocycles. The first-order chi connectivity index (χ1) is 11.2. The van der Waals surface area contributed by atoms with E-state index in [2.05, 4.69) is 26.2 Å². The molecule has 0 aromatic rings. The van der Waals surface area contributed by atoms with Crippen molar-refractivity contribution < 1.29 is 26.9 Å².